The van der Waals surface area contributed by atoms with E-state index in [4.69, 9.17) is 5.73 Å². The molecule has 2 unspecified atom stereocenters. The Bertz CT molecular complexity index is 632. The zero-order valence-electron chi connectivity index (χ0n) is 12.9. The normalized spacial score (nSPS) is 20.0. The van der Waals surface area contributed by atoms with E-state index in [2.05, 4.69) is 0 Å². The van der Waals surface area contributed by atoms with Crippen molar-refractivity contribution in [3.63, 3.8) is 0 Å². The molecule has 1 aromatic heterocycles. The Morgan fingerprint density at radius 2 is 2.10 bits per heavy atom. The van der Waals surface area contributed by atoms with Crippen LogP contribution in [0.2, 0.25) is 0 Å². The molecule has 0 aromatic carbocycles. The van der Waals surface area contributed by atoms with Gasteiger partial charge in [-0.05, 0) is 19.8 Å². The highest BCUT2D eigenvalue weighted by molar-refractivity contribution is 5.63. The van der Waals surface area contributed by atoms with Crippen LogP contribution in [0.5, 0.6) is 0 Å². The third kappa shape index (κ3) is 2.70. The van der Waals surface area contributed by atoms with Gasteiger partial charge in [0.25, 0.3) is 5.56 Å². The van der Waals surface area contributed by atoms with Crippen molar-refractivity contribution in [3.05, 3.63) is 20.8 Å². The standard InChI is InChI=1S/C14H24N4O3/c1-4-6-18-12(15)11(13(20)16(3)14(18)21)17-7-5-10(8-17)9(2)19/h9-10,19H,4-8,15H2,1-3H3. The second-order valence-corrected chi connectivity index (χ2v) is 5.77. The molecular weight excluding hydrogens is 272 g/mol. The fourth-order valence-electron chi connectivity index (χ4n) is 2.89. The van der Waals surface area contributed by atoms with Gasteiger partial charge in [-0.15, -0.1) is 0 Å². The summed E-state index contributed by atoms with van der Waals surface area (Å²) in [5.74, 6) is 0.358. The third-order valence-electron chi connectivity index (χ3n) is 4.23. The van der Waals surface area contributed by atoms with Gasteiger partial charge >= 0.3 is 5.69 Å². The molecule has 0 spiro atoms. The van der Waals surface area contributed by atoms with Crippen LogP contribution in [0.4, 0.5) is 11.5 Å². The minimum absolute atomic E-state index is 0.126. The van der Waals surface area contributed by atoms with Crippen molar-refractivity contribution in [1.82, 2.24) is 9.13 Å². The molecule has 7 heteroatoms. The lowest BCUT2D eigenvalue weighted by Gasteiger charge is -2.23. The number of nitrogens with two attached hydrogens (primary N) is 1. The first-order valence-electron chi connectivity index (χ1n) is 7.40. The van der Waals surface area contributed by atoms with Gasteiger partial charge in [-0.3, -0.25) is 13.9 Å². The zero-order valence-corrected chi connectivity index (χ0v) is 12.9. The van der Waals surface area contributed by atoms with Crippen LogP contribution in [0, 0.1) is 5.92 Å². The second kappa shape index (κ2) is 5.93. The first-order chi connectivity index (χ1) is 9.88. The number of hydrogen-bond acceptors (Lipinski definition) is 5. The Kier molecular flexibility index (Phi) is 4.41. The van der Waals surface area contributed by atoms with Crippen LogP contribution in [-0.2, 0) is 13.6 Å². The largest absolute Gasteiger partial charge is 0.393 e. The summed E-state index contributed by atoms with van der Waals surface area (Å²) in [5.41, 5.74) is 5.72. The van der Waals surface area contributed by atoms with E-state index in [0.29, 0.717) is 25.3 Å². The maximum atomic E-state index is 12.4. The first kappa shape index (κ1) is 15.6. The number of aliphatic hydroxyl groups is 1. The van der Waals surface area contributed by atoms with Gasteiger partial charge in [0.1, 0.15) is 11.5 Å². The van der Waals surface area contributed by atoms with Gasteiger partial charge in [0, 0.05) is 32.6 Å². The average molecular weight is 296 g/mol. The Morgan fingerprint density at radius 1 is 1.43 bits per heavy atom. The number of aromatic nitrogens is 2. The quantitative estimate of drug-likeness (QED) is 0.799. The van der Waals surface area contributed by atoms with Crippen LogP contribution in [0.15, 0.2) is 9.59 Å². The molecule has 1 aromatic rings. The predicted molar refractivity (Wildman–Crippen MR) is 82.6 cm³/mol. The van der Waals surface area contributed by atoms with Crippen LogP contribution in [0.3, 0.4) is 0 Å². The van der Waals surface area contributed by atoms with Gasteiger partial charge in [-0.1, -0.05) is 6.92 Å². The van der Waals surface area contributed by atoms with E-state index in [1.807, 2.05) is 11.8 Å². The number of anilines is 2. The van der Waals surface area contributed by atoms with Crippen LogP contribution in [0.1, 0.15) is 26.7 Å². The van der Waals surface area contributed by atoms with E-state index < -0.39 is 6.10 Å². The summed E-state index contributed by atoms with van der Waals surface area (Å²) in [6.45, 7) is 5.45. The van der Waals surface area contributed by atoms with Crippen LogP contribution >= 0.6 is 0 Å². The molecule has 2 heterocycles. The van der Waals surface area contributed by atoms with E-state index >= 15 is 0 Å². The van der Waals surface area contributed by atoms with Crippen molar-refractivity contribution >= 4 is 11.5 Å². The lowest BCUT2D eigenvalue weighted by molar-refractivity contribution is 0.136. The fraction of sp³-hybridized carbons (Fsp3) is 0.714. The lowest BCUT2D eigenvalue weighted by atomic mass is 10.0. The summed E-state index contributed by atoms with van der Waals surface area (Å²) in [5, 5.41) is 9.70. The number of rotatable bonds is 4. The highest BCUT2D eigenvalue weighted by atomic mass is 16.3. The number of aliphatic hydroxyl groups excluding tert-OH is 1. The molecule has 7 nitrogen and oxygen atoms in total. The molecular formula is C14H24N4O3. The van der Waals surface area contributed by atoms with Crippen molar-refractivity contribution in [1.29, 1.82) is 0 Å². The minimum Gasteiger partial charge on any atom is -0.393 e. The van der Waals surface area contributed by atoms with Gasteiger partial charge in [-0.25, -0.2) is 4.79 Å². The molecule has 0 bridgehead atoms. The molecule has 1 fully saturated rings. The number of hydrogen-bond donors (Lipinski definition) is 2. The molecule has 0 saturated carbocycles. The summed E-state index contributed by atoms with van der Waals surface area (Å²) >= 11 is 0. The number of nitrogens with zero attached hydrogens (tertiary/aromatic N) is 3. The summed E-state index contributed by atoms with van der Waals surface area (Å²) in [6.07, 6.45) is 1.16. The summed E-state index contributed by atoms with van der Waals surface area (Å²) < 4.78 is 2.56. The van der Waals surface area contributed by atoms with Crippen LogP contribution in [-0.4, -0.2) is 33.4 Å². The first-order valence-corrected chi connectivity index (χ1v) is 7.40. The Balaban J connectivity index is 2.50. The van der Waals surface area contributed by atoms with E-state index in [1.54, 1.807) is 6.92 Å². The highest BCUT2D eigenvalue weighted by Gasteiger charge is 2.30. The molecule has 1 saturated heterocycles. The molecule has 118 valence electrons. The number of nitrogen functional groups attached to an aromatic ring is 1. The van der Waals surface area contributed by atoms with Gasteiger partial charge in [0.15, 0.2) is 0 Å². The molecule has 21 heavy (non-hydrogen) atoms. The Labute approximate surface area is 123 Å². The maximum absolute atomic E-state index is 12.4. The molecule has 0 radical (unpaired) electrons. The summed E-state index contributed by atoms with van der Waals surface area (Å²) in [4.78, 5) is 26.4. The fourth-order valence-corrected chi connectivity index (χ4v) is 2.89. The SMILES string of the molecule is CCCn1c(N)c(N2CCC(C(C)O)C2)c(=O)n(C)c1=O. The second-order valence-electron chi connectivity index (χ2n) is 5.77. The predicted octanol–water partition coefficient (Wildman–Crippen LogP) is -0.254. The smallest absolute Gasteiger partial charge is 0.332 e. The van der Waals surface area contributed by atoms with Gasteiger partial charge in [0.05, 0.1) is 6.10 Å². The van der Waals surface area contributed by atoms with Crippen molar-refractivity contribution in [2.75, 3.05) is 23.7 Å². The van der Waals surface area contributed by atoms with E-state index in [9.17, 15) is 14.7 Å². The van der Waals surface area contributed by atoms with E-state index in [0.717, 1.165) is 17.4 Å². The lowest BCUT2D eigenvalue weighted by Crippen LogP contribution is -2.43. The summed E-state index contributed by atoms with van der Waals surface area (Å²) in [7, 11) is 1.47. The summed E-state index contributed by atoms with van der Waals surface area (Å²) in [6, 6.07) is 0. The molecule has 3 N–H and O–H groups in total. The molecule has 2 rings (SSSR count). The van der Waals surface area contributed by atoms with Crippen molar-refractivity contribution in [3.8, 4) is 0 Å². The monoisotopic (exact) mass is 296 g/mol. The van der Waals surface area contributed by atoms with Crippen LogP contribution < -0.4 is 21.9 Å². The van der Waals surface area contributed by atoms with Gasteiger partial charge < -0.3 is 15.7 Å². The van der Waals surface area contributed by atoms with Gasteiger partial charge in [-0.2, -0.15) is 0 Å². The van der Waals surface area contributed by atoms with Crippen molar-refractivity contribution in [2.24, 2.45) is 13.0 Å². The van der Waals surface area contributed by atoms with Crippen molar-refractivity contribution in [2.45, 2.75) is 39.3 Å². The van der Waals surface area contributed by atoms with E-state index in [1.165, 1.54) is 11.6 Å². The molecule has 0 aliphatic carbocycles. The minimum atomic E-state index is -0.415. The Hall–Kier alpha value is -1.76. The third-order valence-corrected chi connectivity index (χ3v) is 4.23. The topological polar surface area (TPSA) is 93.5 Å². The van der Waals surface area contributed by atoms with E-state index in [-0.39, 0.29) is 23.0 Å². The molecule has 1 aliphatic heterocycles. The van der Waals surface area contributed by atoms with Crippen LogP contribution in [0.25, 0.3) is 0 Å². The van der Waals surface area contributed by atoms with Crippen molar-refractivity contribution < 1.29 is 5.11 Å². The average Bonchev–Trinajstić information content (AvgIpc) is 2.91. The maximum Gasteiger partial charge on any atom is 0.332 e. The molecule has 2 atom stereocenters. The Morgan fingerprint density at radius 3 is 2.62 bits per heavy atom. The van der Waals surface area contributed by atoms with Gasteiger partial charge in [0.2, 0.25) is 0 Å². The molecule has 1 aliphatic rings. The zero-order chi connectivity index (χ0) is 15.7. The molecule has 0 amide bonds. The highest BCUT2D eigenvalue weighted by Crippen LogP contribution is 2.26.